The molecule has 1 N–H and O–H groups in total. The van der Waals surface area contributed by atoms with Crippen LogP contribution in [0.2, 0.25) is 0 Å². The van der Waals surface area contributed by atoms with Gasteiger partial charge < -0.3 is 10.1 Å². The Morgan fingerprint density at radius 1 is 1.53 bits per heavy atom. The lowest BCUT2D eigenvalue weighted by Gasteiger charge is -2.27. The van der Waals surface area contributed by atoms with Gasteiger partial charge in [0.05, 0.1) is 12.7 Å². The molecule has 2 unspecified atom stereocenters. The van der Waals surface area contributed by atoms with Gasteiger partial charge in [-0.2, -0.15) is 18.4 Å². The highest BCUT2D eigenvalue weighted by atomic mass is 19.4. The molecule has 2 atom stereocenters. The van der Waals surface area contributed by atoms with Gasteiger partial charge in [0.15, 0.2) is 5.92 Å². The van der Waals surface area contributed by atoms with Crippen LogP contribution in [0.3, 0.4) is 0 Å². The van der Waals surface area contributed by atoms with Crippen molar-refractivity contribution in [1.29, 1.82) is 5.26 Å². The molecule has 0 aromatic carbocycles. The van der Waals surface area contributed by atoms with Crippen molar-refractivity contribution in [1.82, 2.24) is 10.2 Å². The minimum absolute atomic E-state index is 0.212. The lowest BCUT2D eigenvalue weighted by molar-refractivity contribution is -0.163. The molecule has 4 nitrogen and oxygen atoms in total. The molecule has 1 rings (SSSR count). The number of hydrogen-bond donors (Lipinski definition) is 1. The van der Waals surface area contributed by atoms with E-state index < -0.39 is 12.1 Å². The van der Waals surface area contributed by atoms with E-state index in [2.05, 4.69) is 5.32 Å². The molecule has 0 aliphatic carbocycles. The Hall–Kier alpha value is -0.840. The third kappa shape index (κ3) is 5.76. The number of halogens is 3. The van der Waals surface area contributed by atoms with Crippen LogP contribution in [0.25, 0.3) is 0 Å². The number of alkyl halides is 3. The molecule has 0 aromatic rings. The molecule has 0 amide bonds. The van der Waals surface area contributed by atoms with E-state index in [4.69, 9.17) is 10.00 Å². The fourth-order valence-electron chi connectivity index (χ4n) is 2.18. The third-order valence-corrected chi connectivity index (χ3v) is 3.24. The quantitative estimate of drug-likeness (QED) is 0.765. The summed E-state index contributed by atoms with van der Waals surface area (Å²) in [4.78, 5) is 1.66. The number of rotatable bonds is 7. The molecule has 0 radical (unpaired) electrons. The lowest BCUT2D eigenvalue weighted by atomic mass is 10.1. The summed E-state index contributed by atoms with van der Waals surface area (Å²) < 4.78 is 42.8. The van der Waals surface area contributed by atoms with E-state index in [1.165, 1.54) is 13.2 Å². The maximum Gasteiger partial charge on any atom is 0.405 e. The second-order valence-electron chi connectivity index (χ2n) is 4.77. The monoisotopic (exact) mass is 279 g/mol. The summed E-state index contributed by atoms with van der Waals surface area (Å²) in [5, 5.41) is 11.9. The smallest absolute Gasteiger partial charge is 0.383 e. The van der Waals surface area contributed by atoms with Crippen LogP contribution in [0.1, 0.15) is 12.8 Å². The summed E-state index contributed by atoms with van der Waals surface area (Å²) in [5.74, 6) is -1.94. The number of methoxy groups -OCH3 is 1. The summed E-state index contributed by atoms with van der Waals surface area (Å²) in [6.45, 7) is 1.91. The first kappa shape index (κ1) is 16.2. The van der Waals surface area contributed by atoms with Crippen LogP contribution in [-0.4, -0.2) is 57.0 Å². The molecular weight excluding hydrogens is 259 g/mol. The Balaban J connectivity index is 2.54. The van der Waals surface area contributed by atoms with Gasteiger partial charge in [0.2, 0.25) is 0 Å². The molecule has 1 heterocycles. The first-order valence-corrected chi connectivity index (χ1v) is 6.38. The highest BCUT2D eigenvalue weighted by Crippen LogP contribution is 2.26. The zero-order valence-corrected chi connectivity index (χ0v) is 11.0. The lowest BCUT2D eigenvalue weighted by Crippen LogP contribution is -2.43. The highest BCUT2D eigenvalue weighted by molar-refractivity contribution is 4.91. The first-order valence-electron chi connectivity index (χ1n) is 6.38. The Kier molecular flexibility index (Phi) is 6.55. The zero-order valence-electron chi connectivity index (χ0n) is 11.0. The first-order chi connectivity index (χ1) is 8.97. The van der Waals surface area contributed by atoms with Crippen LogP contribution in [0.5, 0.6) is 0 Å². The minimum atomic E-state index is -4.47. The average molecular weight is 279 g/mol. The van der Waals surface area contributed by atoms with Crippen molar-refractivity contribution >= 4 is 0 Å². The predicted octanol–water partition coefficient (Wildman–Crippen LogP) is 1.39. The van der Waals surface area contributed by atoms with Crippen molar-refractivity contribution in [2.75, 3.05) is 39.9 Å². The van der Waals surface area contributed by atoms with E-state index >= 15 is 0 Å². The van der Waals surface area contributed by atoms with Gasteiger partial charge in [0, 0.05) is 32.8 Å². The van der Waals surface area contributed by atoms with Gasteiger partial charge in [-0.05, 0) is 19.4 Å². The van der Waals surface area contributed by atoms with Gasteiger partial charge >= 0.3 is 6.18 Å². The predicted molar refractivity (Wildman–Crippen MR) is 64.5 cm³/mol. The van der Waals surface area contributed by atoms with Crippen molar-refractivity contribution in [3.63, 3.8) is 0 Å². The van der Waals surface area contributed by atoms with Gasteiger partial charge in [-0.15, -0.1) is 0 Å². The summed E-state index contributed by atoms with van der Waals surface area (Å²) >= 11 is 0. The topological polar surface area (TPSA) is 48.3 Å². The Morgan fingerprint density at radius 2 is 2.26 bits per heavy atom. The van der Waals surface area contributed by atoms with Crippen molar-refractivity contribution < 1.29 is 17.9 Å². The SMILES string of the molecule is COCCN(CC1CCCN1)CC(C#N)C(F)(F)F. The number of ether oxygens (including phenoxy) is 1. The highest BCUT2D eigenvalue weighted by Gasteiger charge is 2.41. The van der Waals surface area contributed by atoms with Crippen molar-refractivity contribution in [2.45, 2.75) is 25.1 Å². The average Bonchev–Trinajstić information content (AvgIpc) is 2.83. The molecule has 7 heteroatoms. The number of hydrogen-bond acceptors (Lipinski definition) is 4. The molecule has 0 bridgehead atoms. The van der Waals surface area contributed by atoms with Gasteiger partial charge in [0.25, 0.3) is 0 Å². The summed E-state index contributed by atoms with van der Waals surface area (Å²) in [5.41, 5.74) is 0. The van der Waals surface area contributed by atoms with E-state index in [9.17, 15) is 13.2 Å². The fourth-order valence-corrected chi connectivity index (χ4v) is 2.18. The Labute approximate surface area is 111 Å². The van der Waals surface area contributed by atoms with Crippen LogP contribution in [-0.2, 0) is 4.74 Å². The van der Waals surface area contributed by atoms with Crippen LogP contribution < -0.4 is 5.32 Å². The number of nitriles is 1. The maximum absolute atomic E-state index is 12.6. The Bertz CT molecular complexity index is 298. The van der Waals surface area contributed by atoms with Crippen molar-refractivity contribution in [3.05, 3.63) is 0 Å². The molecule has 1 fully saturated rings. The Morgan fingerprint density at radius 3 is 2.74 bits per heavy atom. The second kappa shape index (κ2) is 7.68. The standard InChI is InChI=1S/C12H20F3N3O/c1-19-6-5-18(9-11-3-2-4-17-11)8-10(7-16)12(13,14)15/h10-11,17H,2-6,8-9H2,1H3. The van der Waals surface area contributed by atoms with Crippen molar-refractivity contribution in [2.24, 2.45) is 5.92 Å². The molecule has 0 aromatic heterocycles. The fraction of sp³-hybridized carbons (Fsp3) is 0.917. The largest absolute Gasteiger partial charge is 0.405 e. The third-order valence-electron chi connectivity index (χ3n) is 3.24. The normalized spacial score (nSPS) is 21.6. The molecule has 0 spiro atoms. The second-order valence-corrected chi connectivity index (χ2v) is 4.77. The van der Waals surface area contributed by atoms with Gasteiger partial charge in [0.1, 0.15) is 0 Å². The molecule has 1 saturated heterocycles. The molecule has 1 aliphatic rings. The van der Waals surface area contributed by atoms with Crippen LogP contribution >= 0.6 is 0 Å². The zero-order chi connectivity index (χ0) is 14.3. The molecule has 0 saturated carbocycles. The van der Waals surface area contributed by atoms with E-state index in [1.807, 2.05) is 0 Å². The van der Waals surface area contributed by atoms with Crippen molar-refractivity contribution in [3.8, 4) is 6.07 Å². The molecular formula is C12H20F3N3O. The van der Waals surface area contributed by atoms with Gasteiger partial charge in [-0.1, -0.05) is 0 Å². The van der Waals surface area contributed by atoms with Crippen LogP contribution in [0.15, 0.2) is 0 Å². The maximum atomic E-state index is 12.6. The van der Waals surface area contributed by atoms with E-state index in [1.54, 1.807) is 4.90 Å². The number of nitrogens with zero attached hydrogens (tertiary/aromatic N) is 2. The molecule has 110 valence electrons. The number of nitrogens with one attached hydrogen (secondary N) is 1. The summed E-state index contributed by atoms with van der Waals surface area (Å²) in [6, 6.07) is 1.56. The summed E-state index contributed by atoms with van der Waals surface area (Å²) in [7, 11) is 1.51. The minimum Gasteiger partial charge on any atom is -0.383 e. The van der Waals surface area contributed by atoms with Crippen LogP contribution in [0.4, 0.5) is 13.2 Å². The van der Waals surface area contributed by atoms with E-state index in [0.29, 0.717) is 19.7 Å². The molecule has 1 aliphatic heterocycles. The summed E-state index contributed by atoms with van der Waals surface area (Å²) in [6.07, 6.45) is -2.46. The van der Waals surface area contributed by atoms with E-state index in [0.717, 1.165) is 19.4 Å². The van der Waals surface area contributed by atoms with E-state index in [-0.39, 0.29) is 12.6 Å². The molecule has 19 heavy (non-hydrogen) atoms. The van der Waals surface area contributed by atoms with Crippen LogP contribution in [0, 0.1) is 17.2 Å². The van der Waals surface area contributed by atoms with Gasteiger partial charge in [-0.3, -0.25) is 4.90 Å². The van der Waals surface area contributed by atoms with Gasteiger partial charge in [-0.25, -0.2) is 0 Å².